The molecule has 2 N–H and O–H groups in total. The van der Waals surface area contributed by atoms with Gasteiger partial charge in [-0.05, 0) is 41.8 Å². The molecule has 4 heteroatoms. The molecule has 0 bridgehead atoms. The van der Waals surface area contributed by atoms with Crippen LogP contribution in [-0.4, -0.2) is 18.6 Å². The Morgan fingerprint density at radius 2 is 2.09 bits per heavy atom. The Morgan fingerprint density at radius 1 is 1.18 bits per heavy atom. The summed E-state index contributed by atoms with van der Waals surface area (Å²) >= 11 is 3.57. The van der Waals surface area contributed by atoms with Gasteiger partial charge in [0.2, 0.25) is 0 Å². The molecular weight excluding hydrogens is 340 g/mol. The third-order valence-electron chi connectivity index (χ3n) is 4.34. The maximum Gasteiger partial charge on any atom is 0.120 e. The summed E-state index contributed by atoms with van der Waals surface area (Å²) in [7, 11) is 1.70. The molecule has 22 heavy (non-hydrogen) atoms. The van der Waals surface area contributed by atoms with Crippen LogP contribution < -0.4 is 10.1 Å². The van der Waals surface area contributed by atoms with Crippen LogP contribution in [0, 0.1) is 0 Å². The summed E-state index contributed by atoms with van der Waals surface area (Å²) in [6.45, 7) is 0.989. The van der Waals surface area contributed by atoms with Gasteiger partial charge in [0.05, 0.1) is 13.2 Å². The minimum atomic E-state index is 0.208. The summed E-state index contributed by atoms with van der Waals surface area (Å²) < 4.78 is 6.45. The third kappa shape index (κ3) is 2.23. The first-order chi connectivity index (χ1) is 10.8. The molecule has 0 radical (unpaired) electrons. The number of hydrogen-bond donors (Lipinski definition) is 2. The second kappa shape index (κ2) is 5.45. The van der Waals surface area contributed by atoms with Gasteiger partial charge in [-0.2, -0.15) is 0 Å². The number of halogens is 1. The fourth-order valence-corrected chi connectivity index (χ4v) is 3.73. The van der Waals surface area contributed by atoms with E-state index in [2.05, 4.69) is 62.6 Å². The molecule has 0 aliphatic carbocycles. The van der Waals surface area contributed by atoms with Gasteiger partial charge in [0.25, 0.3) is 0 Å². The average molecular weight is 357 g/mol. The monoisotopic (exact) mass is 356 g/mol. The maximum atomic E-state index is 5.34. The highest BCUT2D eigenvalue weighted by atomic mass is 79.9. The van der Waals surface area contributed by atoms with Crippen LogP contribution >= 0.6 is 15.9 Å². The van der Waals surface area contributed by atoms with E-state index in [1.54, 1.807) is 7.11 Å². The van der Waals surface area contributed by atoms with E-state index in [0.29, 0.717) is 0 Å². The van der Waals surface area contributed by atoms with Gasteiger partial charge in [-0.1, -0.05) is 28.1 Å². The number of H-pyrrole nitrogens is 1. The van der Waals surface area contributed by atoms with Crippen molar-refractivity contribution in [2.75, 3.05) is 13.7 Å². The van der Waals surface area contributed by atoms with E-state index in [4.69, 9.17) is 4.74 Å². The molecule has 4 rings (SSSR count). The largest absolute Gasteiger partial charge is 0.497 e. The van der Waals surface area contributed by atoms with Gasteiger partial charge >= 0.3 is 0 Å². The fourth-order valence-electron chi connectivity index (χ4n) is 3.31. The van der Waals surface area contributed by atoms with Crippen molar-refractivity contribution in [1.82, 2.24) is 10.3 Å². The predicted molar refractivity (Wildman–Crippen MR) is 92.5 cm³/mol. The zero-order valence-corrected chi connectivity index (χ0v) is 13.9. The lowest BCUT2D eigenvalue weighted by Crippen LogP contribution is -2.30. The lowest BCUT2D eigenvalue weighted by atomic mass is 9.94. The van der Waals surface area contributed by atoms with E-state index in [-0.39, 0.29) is 6.04 Å². The quantitative estimate of drug-likeness (QED) is 0.722. The van der Waals surface area contributed by atoms with E-state index < -0.39 is 0 Å². The van der Waals surface area contributed by atoms with Crippen molar-refractivity contribution in [1.29, 1.82) is 0 Å². The van der Waals surface area contributed by atoms with Crippen LogP contribution in [0.25, 0.3) is 10.9 Å². The second-order valence-corrected chi connectivity index (χ2v) is 6.54. The van der Waals surface area contributed by atoms with E-state index in [1.165, 1.54) is 22.2 Å². The molecule has 1 aromatic heterocycles. The Morgan fingerprint density at radius 3 is 2.91 bits per heavy atom. The summed E-state index contributed by atoms with van der Waals surface area (Å²) in [6, 6.07) is 15.0. The number of methoxy groups -OCH3 is 1. The SMILES string of the molecule is COc1ccc2c3c([nH]c2c1)[C@@H](c1cccc(Br)c1)NCC3. The van der Waals surface area contributed by atoms with Crippen molar-refractivity contribution in [3.8, 4) is 5.75 Å². The van der Waals surface area contributed by atoms with Gasteiger partial charge in [0.15, 0.2) is 0 Å². The first-order valence-corrected chi connectivity index (χ1v) is 8.23. The van der Waals surface area contributed by atoms with Crippen LogP contribution in [0.4, 0.5) is 0 Å². The van der Waals surface area contributed by atoms with Crippen LogP contribution in [0.5, 0.6) is 5.75 Å². The smallest absolute Gasteiger partial charge is 0.120 e. The molecule has 0 spiro atoms. The molecule has 1 atom stereocenters. The summed E-state index contributed by atoms with van der Waals surface area (Å²) in [6.07, 6.45) is 1.05. The summed E-state index contributed by atoms with van der Waals surface area (Å²) in [5.41, 5.74) is 5.11. The first-order valence-electron chi connectivity index (χ1n) is 7.43. The minimum absolute atomic E-state index is 0.208. The second-order valence-electron chi connectivity index (χ2n) is 5.62. The number of aromatic nitrogens is 1. The molecule has 2 heterocycles. The molecule has 0 saturated carbocycles. The number of aromatic amines is 1. The molecule has 3 aromatic rings. The lowest BCUT2D eigenvalue weighted by Gasteiger charge is -2.25. The summed E-state index contributed by atoms with van der Waals surface area (Å²) in [5.74, 6) is 0.887. The van der Waals surface area contributed by atoms with E-state index >= 15 is 0 Å². The minimum Gasteiger partial charge on any atom is -0.497 e. The van der Waals surface area contributed by atoms with Crippen LogP contribution in [0.3, 0.4) is 0 Å². The highest BCUT2D eigenvalue weighted by Crippen LogP contribution is 2.35. The molecule has 1 aliphatic rings. The van der Waals surface area contributed by atoms with Crippen molar-refractivity contribution in [3.63, 3.8) is 0 Å². The Hall–Kier alpha value is -1.78. The van der Waals surface area contributed by atoms with Crippen molar-refractivity contribution < 1.29 is 4.74 Å². The highest BCUT2D eigenvalue weighted by Gasteiger charge is 2.25. The van der Waals surface area contributed by atoms with Crippen LogP contribution in [0.2, 0.25) is 0 Å². The Labute approximate surface area is 137 Å². The number of rotatable bonds is 2. The van der Waals surface area contributed by atoms with Crippen LogP contribution in [0.1, 0.15) is 22.9 Å². The van der Waals surface area contributed by atoms with Crippen molar-refractivity contribution in [2.45, 2.75) is 12.5 Å². The maximum absolute atomic E-state index is 5.34. The Kier molecular flexibility index (Phi) is 3.43. The predicted octanol–water partition coefficient (Wildman–Crippen LogP) is 4.17. The summed E-state index contributed by atoms with van der Waals surface area (Å²) in [4.78, 5) is 3.60. The van der Waals surface area contributed by atoms with Gasteiger partial charge in [-0.25, -0.2) is 0 Å². The van der Waals surface area contributed by atoms with E-state index in [1.807, 2.05) is 6.07 Å². The highest BCUT2D eigenvalue weighted by molar-refractivity contribution is 9.10. The van der Waals surface area contributed by atoms with Crippen LogP contribution in [0.15, 0.2) is 46.9 Å². The standard InChI is InChI=1S/C18H17BrN2O/c1-22-13-5-6-14-15-7-8-20-17(18(15)21-16(14)10-13)11-3-2-4-12(19)9-11/h2-6,9-10,17,20-21H,7-8H2,1H3/t17-/m1/s1. The van der Waals surface area contributed by atoms with Crippen molar-refractivity contribution in [2.24, 2.45) is 0 Å². The normalized spacial score (nSPS) is 17.5. The van der Waals surface area contributed by atoms with Gasteiger partial charge in [-0.15, -0.1) is 0 Å². The Bertz CT molecular complexity index is 840. The molecule has 3 nitrogen and oxygen atoms in total. The molecule has 0 amide bonds. The Balaban J connectivity index is 1.87. The fraction of sp³-hybridized carbons (Fsp3) is 0.222. The average Bonchev–Trinajstić information content (AvgIpc) is 2.92. The number of nitrogens with one attached hydrogen (secondary N) is 2. The first kappa shape index (κ1) is 13.9. The van der Waals surface area contributed by atoms with Crippen molar-refractivity contribution in [3.05, 3.63) is 63.8 Å². The molecule has 112 valence electrons. The third-order valence-corrected chi connectivity index (χ3v) is 4.83. The van der Waals surface area contributed by atoms with Crippen LogP contribution in [-0.2, 0) is 6.42 Å². The van der Waals surface area contributed by atoms with Crippen molar-refractivity contribution >= 4 is 26.8 Å². The van der Waals surface area contributed by atoms with Gasteiger partial charge in [0, 0.05) is 33.7 Å². The molecule has 0 unspecified atom stereocenters. The molecule has 0 saturated heterocycles. The molecule has 0 fully saturated rings. The molecular formula is C18H17BrN2O. The van der Waals surface area contributed by atoms with E-state index in [9.17, 15) is 0 Å². The number of benzene rings is 2. The summed E-state index contributed by atoms with van der Waals surface area (Å²) in [5, 5.41) is 4.93. The lowest BCUT2D eigenvalue weighted by molar-refractivity contribution is 0.415. The van der Waals surface area contributed by atoms with Gasteiger partial charge in [-0.3, -0.25) is 0 Å². The molecule has 1 aliphatic heterocycles. The number of fused-ring (bicyclic) bond motifs is 3. The zero-order valence-electron chi connectivity index (χ0n) is 12.3. The number of ether oxygens (including phenoxy) is 1. The van der Waals surface area contributed by atoms with Gasteiger partial charge in [0.1, 0.15) is 5.75 Å². The number of hydrogen-bond acceptors (Lipinski definition) is 2. The van der Waals surface area contributed by atoms with E-state index in [0.717, 1.165) is 28.7 Å². The topological polar surface area (TPSA) is 37.0 Å². The van der Waals surface area contributed by atoms with Gasteiger partial charge < -0.3 is 15.0 Å². The zero-order chi connectivity index (χ0) is 15.1. The molecule has 2 aromatic carbocycles.